The molecule has 0 unspecified atom stereocenters. The van der Waals surface area contributed by atoms with Gasteiger partial charge in [0.15, 0.2) is 9.84 Å². The SMILES string of the molecule is COc1ccccc1NC(=O)N[C@H]1CS(=O)(=O)C[C@H]1Cl. The summed E-state index contributed by atoms with van der Waals surface area (Å²) in [7, 11) is -1.68. The second-order valence-electron chi connectivity index (χ2n) is 4.50. The highest BCUT2D eigenvalue weighted by molar-refractivity contribution is 7.91. The monoisotopic (exact) mass is 318 g/mol. The third kappa shape index (κ3) is 3.55. The Hall–Kier alpha value is -1.47. The van der Waals surface area contributed by atoms with Gasteiger partial charge in [-0.25, -0.2) is 13.2 Å². The molecule has 0 saturated carbocycles. The van der Waals surface area contributed by atoms with E-state index in [2.05, 4.69) is 10.6 Å². The van der Waals surface area contributed by atoms with Gasteiger partial charge in [0, 0.05) is 0 Å². The van der Waals surface area contributed by atoms with Crippen molar-refractivity contribution in [2.45, 2.75) is 11.4 Å². The smallest absolute Gasteiger partial charge is 0.319 e. The molecule has 2 atom stereocenters. The van der Waals surface area contributed by atoms with Gasteiger partial charge in [0.1, 0.15) is 5.75 Å². The van der Waals surface area contributed by atoms with Crippen molar-refractivity contribution in [3.05, 3.63) is 24.3 Å². The number of amides is 2. The number of ether oxygens (including phenoxy) is 1. The predicted octanol–water partition coefficient (Wildman–Crippen LogP) is 1.22. The van der Waals surface area contributed by atoms with Gasteiger partial charge in [-0.05, 0) is 12.1 Å². The summed E-state index contributed by atoms with van der Waals surface area (Å²) in [5, 5.41) is 4.57. The number of sulfone groups is 1. The molecule has 1 heterocycles. The van der Waals surface area contributed by atoms with E-state index in [1.165, 1.54) is 7.11 Å². The Morgan fingerprint density at radius 1 is 1.35 bits per heavy atom. The van der Waals surface area contributed by atoms with Crippen molar-refractivity contribution in [3.8, 4) is 5.75 Å². The number of hydrogen-bond donors (Lipinski definition) is 2. The summed E-state index contributed by atoms with van der Waals surface area (Å²) in [6, 6.07) is 5.82. The minimum absolute atomic E-state index is 0.117. The number of rotatable bonds is 3. The lowest BCUT2D eigenvalue weighted by Crippen LogP contribution is -2.42. The highest BCUT2D eigenvalue weighted by Crippen LogP contribution is 2.23. The van der Waals surface area contributed by atoms with Gasteiger partial charge in [0.25, 0.3) is 0 Å². The molecule has 1 saturated heterocycles. The second-order valence-corrected chi connectivity index (χ2v) is 7.21. The van der Waals surface area contributed by atoms with Crippen LogP contribution in [-0.4, -0.2) is 44.5 Å². The third-order valence-electron chi connectivity index (χ3n) is 2.95. The van der Waals surface area contributed by atoms with Crippen LogP contribution in [0.4, 0.5) is 10.5 Å². The Kier molecular flexibility index (Phi) is 4.39. The first-order chi connectivity index (χ1) is 9.41. The molecule has 0 aliphatic carbocycles. The fraction of sp³-hybridized carbons (Fsp3) is 0.417. The van der Waals surface area contributed by atoms with Gasteiger partial charge in [-0.3, -0.25) is 0 Å². The molecule has 1 aromatic carbocycles. The molecule has 110 valence electrons. The highest BCUT2D eigenvalue weighted by atomic mass is 35.5. The first-order valence-electron chi connectivity index (χ1n) is 5.96. The number of urea groups is 1. The zero-order valence-electron chi connectivity index (χ0n) is 10.8. The van der Waals surface area contributed by atoms with Crippen molar-refractivity contribution in [2.24, 2.45) is 0 Å². The molecule has 1 aliphatic rings. The Bertz CT molecular complexity index is 605. The van der Waals surface area contributed by atoms with Crippen LogP contribution in [0.2, 0.25) is 0 Å². The van der Waals surface area contributed by atoms with Crippen LogP contribution in [0, 0.1) is 0 Å². The van der Waals surface area contributed by atoms with Crippen LogP contribution in [-0.2, 0) is 9.84 Å². The van der Waals surface area contributed by atoms with E-state index in [1.807, 2.05) is 0 Å². The van der Waals surface area contributed by atoms with Crippen LogP contribution in [0.15, 0.2) is 24.3 Å². The maximum absolute atomic E-state index is 11.9. The lowest BCUT2D eigenvalue weighted by Gasteiger charge is -2.16. The van der Waals surface area contributed by atoms with E-state index in [4.69, 9.17) is 16.3 Å². The van der Waals surface area contributed by atoms with Crippen LogP contribution in [0.5, 0.6) is 5.75 Å². The summed E-state index contributed by atoms with van der Waals surface area (Å²) in [5.41, 5.74) is 0.500. The molecule has 2 amide bonds. The van der Waals surface area contributed by atoms with Crippen LogP contribution in [0.3, 0.4) is 0 Å². The van der Waals surface area contributed by atoms with E-state index in [0.717, 1.165) is 0 Å². The minimum atomic E-state index is -3.18. The van der Waals surface area contributed by atoms with Crippen LogP contribution in [0.25, 0.3) is 0 Å². The largest absolute Gasteiger partial charge is 0.495 e. The number of alkyl halides is 1. The number of anilines is 1. The summed E-state index contributed by atoms with van der Waals surface area (Å²) in [4.78, 5) is 11.9. The number of carbonyl (C=O) groups is 1. The molecule has 1 aromatic rings. The molecule has 2 N–H and O–H groups in total. The number of carbonyl (C=O) groups excluding carboxylic acids is 1. The molecule has 0 aromatic heterocycles. The van der Waals surface area contributed by atoms with Crippen molar-refractivity contribution >= 4 is 33.2 Å². The van der Waals surface area contributed by atoms with Gasteiger partial charge >= 0.3 is 6.03 Å². The first kappa shape index (κ1) is 14.9. The predicted molar refractivity (Wildman–Crippen MR) is 77.2 cm³/mol. The van der Waals surface area contributed by atoms with Crippen LogP contribution >= 0.6 is 11.6 Å². The van der Waals surface area contributed by atoms with Gasteiger partial charge in [-0.2, -0.15) is 0 Å². The molecule has 0 radical (unpaired) electrons. The molecular weight excluding hydrogens is 304 g/mol. The number of halogens is 1. The molecule has 6 nitrogen and oxygen atoms in total. The van der Waals surface area contributed by atoms with E-state index in [0.29, 0.717) is 11.4 Å². The summed E-state index contributed by atoms with van der Waals surface area (Å²) < 4.78 is 27.9. The molecule has 1 aliphatic heterocycles. The molecule has 1 fully saturated rings. The number of benzene rings is 1. The minimum Gasteiger partial charge on any atom is -0.495 e. The quantitative estimate of drug-likeness (QED) is 0.821. The Balaban J connectivity index is 2.00. The Labute approximate surface area is 122 Å². The average Bonchev–Trinajstić information content (AvgIpc) is 2.62. The number of hydrogen-bond acceptors (Lipinski definition) is 4. The zero-order valence-corrected chi connectivity index (χ0v) is 12.4. The lowest BCUT2D eigenvalue weighted by molar-refractivity contribution is 0.249. The van der Waals surface area contributed by atoms with Gasteiger partial charge in [-0.15, -0.1) is 11.6 Å². The van der Waals surface area contributed by atoms with Crippen molar-refractivity contribution in [3.63, 3.8) is 0 Å². The Morgan fingerprint density at radius 2 is 2.05 bits per heavy atom. The molecular formula is C12H15ClN2O4S. The van der Waals surface area contributed by atoms with Crippen molar-refractivity contribution in [2.75, 3.05) is 23.9 Å². The van der Waals surface area contributed by atoms with Gasteiger partial charge in [-0.1, -0.05) is 12.1 Å². The highest BCUT2D eigenvalue weighted by Gasteiger charge is 2.37. The maximum Gasteiger partial charge on any atom is 0.319 e. The van der Waals surface area contributed by atoms with Crippen molar-refractivity contribution in [1.82, 2.24) is 5.32 Å². The Morgan fingerprint density at radius 3 is 2.65 bits per heavy atom. The van der Waals surface area contributed by atoms with Gasteiger partial charge in [0.05, 0.1) is 35.7 Å². The van der Waals surface area contributed by atoms with Crippen molar-refractivity contribution in [1.29, 1.82) is 0 Å². The topological polar surface area (TPSA) is 84.5 Å². The lowest BCUT2D eigenvalue weighted by atomic mass is 10.2. The summed E-state index contributed by atoms with van der Waals surface area (Å²) in [6.07, 6.45) is 0. The molecule has 20 heavy (non-hydrogen) atoms. The first-order valence-corrected chi connectivity index (χ1v) is 8.22. The normalized spacial score (nSPS) is 24.1. The number of para-hydroxylation sites is 2. The van der Waals surface area contributed by atoms with E-state index in [-0.39, 0.29) is 11.5 Å². The average molecular weight is 319 g/mol. The maximum atomic E-state index is 11.9. The standard InChI is InChI=1S/C12H15ClN2O4S/c1-19-11-5-3-2-4-9(11)14-12(16)15-10-7-20(17,18)6-8(10)13/h2-5,8,10H,6-7H2,1H3,(H2,14,15,16)/t8-,10+/m1/s1. The molecule has 0 bridgehead atoms. The fourth-order valence-corrected chi connectivity index (χ4v) is 4.56. The summed E-state index contributed by atoms with van der Waals surface area (Å²) >= 11 is 5.92. The van der Waals surface area contributed by atoms with E-state index in [1.54, 1.807) is 24.3 Å². The molecule has 2 rings (SSSR count). The fourth-order valence-electron chi connectivity index (χ4n) is 2.01. The number of methoxy groups -OCH3 is 1. The summed E-state index contributed by atoms with van der Waals surface area (Å²) in [6.45, 7) is 0. The zero-order chi connectivity index (χ0) is 14.8. The van der Waals surface area contributed by atoms with E-state index in [9.17, 15) is 13.2 Å². The number of nitrogens with one attached hydrogen (secondary N) is 2. The summed E-state index contributed by atoms with van der Waals surface area (Å²) in [5.74, 6) is 0.262. The third-order valence-corrected chi connectivity index (χ3v) is 5.33. The second kappa shape index (κ2) is 5.88. The van der Waals surface area contributed by atoms with Crippen molar-refractivity contribution < 1.29 is 17.9 Å². The van der Waals surface area contributed by atoms with Crippen LogP contribution in [0.1, 0.15) is 0 Å². The molecule has 8 heteroatoms. The van der Waals surface area contributed by atoms with Gasteiger partial charge in [0.2, 0.25) is 0 Å². The molecule has 0 spiro atoms. The van der Waals surface area contributed by atoms with E-state index >= 15 is 0 Å². The van der Waals surface area contributed by atoms with Crippen LogP contribution < -0.4 is 15.4 Å². The van der Waals surface area contributed by atoms with E-state index < -0.39 is 27.3 Å². The van der Waals surface area contributed by atoms with Gasteiger partial charge < -0.3 is 15.4 Å².